The van der Waals surface area contributed by atoms with E-state index < -0.39 is 5.41 Å². The van der Waals surface area contributed by atoms with Gasteiger partial charge in [-0.05, 0) is 58.7 Å². The fourth-order valence-electron chi connectivity index (χ4n) is 8.15. The third kappa shape index (κ3) is 4.99. The lowest BCUT2D eigenvalue weighted by molar-refractivity contribution is 0.692. The highest BCUT2D eigenvalue weighted by Crippen LogP contribution is 2.63. The quantitative estimate of drug-likeness (QED) is 0.179. The van der Waals surface area contributed by atoms with Gasteiger partial charge in [-0.3, -0.25) is 0 Å². The van der Waals surface area contributed by atoms with Crippen LogP contribution in [0.1, 0.15) is 33.4 Å². The van der Waals surface area contributed by atoms with Gasteiger partial charge in [0.15, 0.2) is 17.5 Å². The Bertz CT molecular complexity index is 2740. The molecule has 7 aromatic carbocycles. The molecule has 7 heteroatoms. The number of nitriles is 2. The lowest BCUT2D eigenvalue weighted by Crippen LogP contribution is -2.39. The SMILES string of the molecule is N#Cc1cc(N2c3ccccc3C3(c4ccccc4Sc4ccccc43)c3ccccc32)c(C#N)cc1-c1nc(-c2ccccc2)nc(-c2ccccc2)n1. The Labute approximate surface area is 322 Å². The van der Waals surface area contributed by atoms with E-state index in [1.165, 1.54) is 20.9 Å². The summed E-state index contributed by atoms with van der Waals surface area (Å²) in [6, 6.07) is 62.1. The monoisotopic (exact) mass is 720 g/mol. The molecule has 0 N–H and O–H groups in total. The van der Waals surface area contributed by atoms with E-state index in [0.29, 0.717) is 39.9 Å². The molecule has 6 nitrogen and oxygen atoms in total. The maximum absolute atomic E-state index is 10.9. The normalized spacial score (nSPS) is 13.1. The number of anilines is 3. The zero-order valence-electron chi connectivity index (χ0n) is 29.3. The van der Waals surface area contributed by atoms with Crippen LogP contribution in [-0.4, -0.2) is 15.0 Å². The summed E-state index contributed by atoms with van der Waals surface area (Å²) < 4.78 is 0. The molecule has 0 unspecified atom stereocenters. The van der Waals surface area contributed by atoms with Crippen molar-refractivity contribution in [1.82, 2.24) is 15.0 Å². The van der Waals surface area contributed by atoms with E-state index in [1.807, 2.05) is 78.9 Å². The minimum absolute atomic E-state index is 0.318. The van der Waals surface area contributed by atoms with Crippen LogP contribution in [0, 0.1) is 22.7 Å². The first-order chi connectivity index (χ1) is 27.2. The minimum atomic E-state index is -0.626. The van der Waals surface area contributed by atoms with Crippen LogP contribution in [0.15, 0.2) is 180 Å². The molecule has 0 saturated heterocycles. The molecule has 0 saturated carbocycles. The van der Waals surface area contributed by atoms with Crippen molar-refractivity contribution in [3.05, 3.63) is 203 Å². The number of para-hydroxylation sites is 2. The van der Waals surface area contributed by atoms with Crippen molar-refractivity contribution in [3.8, 4) is 46.3 Å². The molecule has 1 spiro atoms. The largest absolute Gasteiger partial charge is 0.308 e. The molecule has 2 aliphatic heterocycles. The second kappa shape index (κ2) is 13.0. The first-order valence-corrected chi connectivity index (χ1v) is 18.7. The van der Waals surface area contributed by atoms with Crippen molar-refractivity contribution in [2.24, 2.45) is 0 Å². The third-order valence-electron chi connectivity index (χ3n) is 10.5. The number of fused-ring (bicyclic) bond motifs is 8. The predicted molar refractivity (Wildman–Crippen MR) is 216 cm³/mol. The first-order valence-electron chi connectivity index (χ1n) is 17.9. The van der Waals surface area contributed by atoms with E-state index in [-0.39, 0.29) is 0 Å². The van der Waals surface area contributed by atoms with Gasteiger partial charge in [-0.1, -0.05) is 145 Å². The zero-order valence-corrected chi connectivity index (χ0v) is 30.1. The highest BCUT2D eigenvalue weighted by molar-refractivity contribution is 7.99. The van der Waals surface area contributed by atoms with Crippen LogP contribution in [0.5, 0.6) is 0 Å². The molecular formula is C48H28N6S. The van der Waals surface area contributed by atoms with Crippen molar-refractivity contribution >= 4 is 28.8 Å². The number of benzene rings is 7. The molecule has 8 aromatic rings. The molecule has 0 fully saturated rings. The number of hydrogen-bond acceptors (Lipinski definition) is 7. The first kappa shape index (κ1) is 32.3. The van der Waals surface area contributed by atoms with Crippen molar-refractivity contribution in [1.29, 1.82) is 10.5 Å². The van der Waals surface area contributed by atoms with E-state index in [9.17, 15) is 10.5 Å². The molecule has 0 amide bonds. The lowest BCUT2D eigenvalue weighted by atomic mass is 9.62. The van der Waals surface area contributed by atoms with Crippen LogP contribution < -0.4 is 4.90 Å². The Kier molecular flexibility index (Phi) is 7.62. The van der Waals surface area contributed by atoms with Gasteiger partial charge in [0.1, 0.15) is 6.07 Å². The zero-order chi connectivity index (χ0) is 36.9. The van der Waals surface area contributed by atoms with Crippen LogP contribution in [-0.2, 0) is 5.41 Å². The highest BCUT2D eigenvalue weighted by atomic mass is 32.2. The molecule has 0 aliphatic carbocycles. The van der Waals surface area contributed by atoms with Crippen molar-refractivity contribution in [2.45, 2.75) is 15.2 Å². The summed E-state index contributed by atoms with van der Waals surface area (Å²) >= 11 is 1.80. The summed E-state index contributed by atoms with van der Waals surface area (Å²) in [6.45, 7) is 0. The second-order valence-corrected chi connectivity index (χ2v) is 14.5. The van der Waals surface area contributed by atoms with Gasteiger partial charge < -0.3 is 4.90 Å². The summed E-state index contributed by atoms with van der Waals surface area (Å²) in [4.78, 5) is 19.2. The second-order valence-electron chi connectivity index (χ2n) is 13.4. The predicted octanol–water partition coefficient (Wildman–Crippen LogP) is 11.2. The summed E-state index contributed by atoms with van der Waals surface area (Å²) in [5.41, 5.74) is 9.29. The van der Waals surface area contributed by atoms with Gasteiger partial charge in [0.05, 0.1) is 39.7 Å². The molecule has 2 aliphatic rings. The molecule has 0 bridgehead atoms. The molecular weight excluding hydrogens is 693 g/mol. The van der Waals surface area contributed by atoms with E-state index >= 15 is 0 Å². The summed E-state index contributed by atoms with van der Waals surface area (Å²) in [7, 11) is 0. The molecule has 3 heterocycles. The van der Waals surface area contributed by atoms with Crippen LogP contribution in [0.3, 0.4) is 0 Å². The molecule has 256 valence electrons. The number of nitrogens with zero attached hydrogens (tertiary/aromatic N) is 6. The summed E-state index contributed by atoms with van der Waals surface area (Å²) in [5, 5.41) is 21.8. The van der Waals surface area contributed by atoms with Crippen LogP contribution in [0.2, 0.25) is 0 Å². The van der Waals surface area contributed by atoms with Gasteiger partial charge in [0, 0.05) is 26.5 Å². The average Bonchev–Trinajstić information content (AvgIpc) is 3.26. The Morgan fingerprint density at radius 1 is 0.436 bits per heavy atom. The Hall–Kier alpha value is -7.32. The maximum Gasteiger partial charge on any atom is 0.165 e. The number of rotatable bonds is 4. The van der Waals surface area contributed by atoms with Gasteiger partial charge in [-0.2, -0.15) is 10.5 Å². The van der Waals surface area contributed by atoms with Gasteiger partial charge in [-0.25, -0.2) is 15.0 Å². The molecule has 55 heavy (non-hydrogen) atoms. The Morgan fingerprint density at radius 3 is 1.38 bits per heavy atom. The lowest BCUT2D eigenvalue weighted by Gasteiger charge is -2.49. The standard InChI is InChI=1S/C48H28N6S/c49-29-33-28-42(34(30-50)27-35(33)47-52-45(31-15-3-1-4-16-31)51-46(53-47)32-17-5-2-6-18-32)54-40-23-11-7-19-36(40)48(37-20-8-12-24-41(37)54)38-21-9-13-25-43(38)55-44-26-14-10-22-39(44)48/h1-28H. The fraction of sp³-hybridized carbons (Fsp3) is 0.0208. The third-order valence-corrected chi connectivity index (χ3v) is 11.6. The summed E-state index contributed by atoms with van der Waals surface area (Å²) in [5.74, 6) is 1.27. The van der Waals surface area contributed by atoms with Gasteiger partial charge in [0.25, 0.3) is 0 Å². The van der Waals surface area contributed by atoms with E-state index in [1.54, 1.807) is 17.8 Å². The Balaban J connectivity index is 1.22. The number of aromatic nitrogens is 3. The minimum Gasteiger partial charge on any atom is -0.308 e. The number of hydrogen-bond donors (Lipinski definition) is 0. The van der Waals surface area contributed by atoms with E-state index in [4.69, 9.17) is 15.0 Å². The van der Waals surface area contributed by atoms with Crippen LogP contribution in [0.25, 0.3) is 34.2 Å². The molecule has 0 radical (unpaired) electrons. The van der Waals surface area contributed by atoms with Crippen molar-refractivity contribution in [2.75, 3.05) is 4.90 Å². The van der Waals surface area contributed by atoms with Gasteiger partial charge >= 0.3 is 0 Å². The van der Waals surface area contributed by atoms with Crippen LogP contribution >= 0.6 is 11.8 Å². The van der Waals surface area contributed by atoms with Gasteiger partial charge in [0.2, 0.25) is 0 Å². The molecule has 1 aromatic heterocycles. The highest BCUT2D eigenvalue weighted by Gasteiger charge is 2.50. The van der Waals surface area contributed by atoms with Crippen molar-refractivity contribution in [3.63, 3.8) is 0 Å². The topological polar surface area (TPSA) is 89.5 Å². The molecule has 10 rings (SSSR count). The fourth-order valence-corrected chi connectivity index (χ4v) is 9.34. The maximum atomic E-state index is 10.9. The average molecular weight is 721 g/mol. The van der Waals surface area contributed by atoms with Crippen LogP contribution in [0.4, 0.5) is 17.1 Å². The van der Waals surface area contributed by atoms with E-state index in [2.05, 4.69) is 102 Å². The Morgan fingerprint density at radius 2 is 0.873 bits per heavy atom. The van der Waals surface area contributed by atoms with E-state index in [0.717, 1.165) is 33.6 Å². The summed E-state index contributed by atoms with van der Waals surface area (Å²) in [6.07, 6.45) is 0. The van der Waals surface area contributed by atoms with Gasteiger partial charge in [-0.15, -0.1) is 0 Å². The molecule has 0 atom stereocenters. The van der Waals surface area contributed by atoms with Crippen molar-refractivity contribution < 1.29 is 0 Å². The smallest absolute Gasteiger partial charge is 0.165 e.